The van der Waals surface area contributed by atoms with Crippen molar-refractivity contribution in [3.05, 3.63) is 88.5 Å². The zero-order valence-corrected chi connectivity index (χ0v) is 19.7. The lowest BCUT2D eigenvalue weighted by atomic mass is 9.94. The van der Waals surface area contributed by atoms with E-state index in [0.29, 0.717) is 10.7 Å². The van der Waals surface area contributed by atoms with E-state index >= 15 is 0 Å². The zero-order valence-electron chi connectivity index (χ0n) is 18.9. The Labute approximate surface area is 196 Å². The lowest BCUT2D eigenvalue weighted by molar-refractivity contribution is -0.118. The number of nitrogens with zero attached hydrogens (tertiary/aromatic N) is 1. The molecule has 0 bridgehead atoms. The van der Waals surface area contributed by atoms with E-state index in [9.17, 15) is 9.59 Å². The molecule has 0 atom stereocenters. The molecule has 5 nitrogen and oxygen atoms in total. The van der Waals surface area contributed by atoms with Crippen molar-refractivity contribution < 1.29 is 9.59 Å². The zero-order chi connectivity index (χ0) is 23.2. The van der Waals surface area contributed by atoms with E-state index in [1.807, 2.05) is 75.4 Å². The number of hydrogen-bond acceptors (Lipinski definition) is 4. The molecule has 1 heterocycles. The molecule has 5 rings (SSSR count). The van der Waals surface area contributed by atoms with Gasteiger partial charge in [0.2, 0.25) is 5.91 Å². The normalized spacial score (nSPS) is 14.2. The third-order valence-corrected chi connectivity index (χ3v) is 7.31. The molecule has 2 N–H and O–H groups in total. The molecular weight excluding hydrogens is 430 g/mol. The van der Waals surface area contributed by atoms with Crippen LogP contribution in [0.4, 0.5) is 10.8 Å². The number of aryl methyl sites for hydroxylation is 3. The van der Waals surface area contributed by atoms with Gasteiger partial charge >= 0.3 is 0 Å². The summed E-state index contributed by atoms with van der Waals surface area (Å²) < 4.78 is 0.861. The molecule has 1 aliphatic rings. The first kappa shape index (κ1) is 21.3. The average molecular weight is 456 g/mol. The molecule has 3 aromatic carbocycles. The molecule has 2 amide bonds. The van der Waals surface area contributed by atoms with Gasteiger partial charge in [0.1, 0.15) is 0 Å². The molecule has 0 saturated heterocycles. The van der Waals surface area contributed by atoms with Crippen LogP contribution in [0, 0.1) is 20.8 Å². The first-order valence-corrected chi connectivity index (χ1v) is 11.8. The average Bonchev–Trinajstić information content (AvgIpc) is 3.51. The van der Waals surface area contributed by atoms with Gasteiger partial charge in [0.15, 0.2) is 5.13 Å². The predicted octanol–water partition coefficient (Wildman–Crippen LogP) is 6.14. The second-order valence-corrected chi connectivity index (χ2v) is 9.86. The van der Waals surface area contributed by atoms with Crippen LogP contribution in [0.5, 0.6) is 0 Å². The Morgan fingerprint density at radius 3 is 2.27 bits per heavy atom. The third kappa shape index (κ3) is 4.02. The van der Waals surface area contributed by atoms with Crippen molar-refractivity contribution in [3.8, 4) is 0 Å². The van der Waals surface area contributed by atoms with Gasteiger partial charge < -0.3 is 10.6 Å². The lowest BCUT2D eigenvalue weighted by Crippen LogP contribution is -2.27. The van der Waals surface area contributed by atoms with Gasteiger partial charge in [0, 0.05) is 11.3 Å². The van der Waals surface area contributed by atoms with Crippen LogP contribution >= 0.6 is 11.3 Å². The number of carbonyl (C=O) groups is 2. The van der Waals surface area contributed by atoms with Crippen LogP contribution in [-0.2, 0) is 10.2 Å². The van der Waals surface area contributed by atoms with Crippen molar-refractivity contribution in [2.45, 2.75) is 39.0 Å². The number of carbonyl (C=O) groups excluding carboxylic acids is 2. The van der Waals surface area contributed by atoms with E-state index in [4.69, 9.17) is 0 Å². The maximum absolute atomic E-state index is 13.1. The van der Waals surface area contributed by atoms with Crippen molar-refractivity contribution in [2.75, 3.05) is 10.6 Å². The van der Waals surface area contributed by atoms with Crippen molar-refractivity contribution in [2.24, 2.45) is 0 Å². The summed E-state index contributed by atoms with van der Waals surface area (Å²) in [6, 6.07) is 19.5. The van der Waals surface area contributed by atoms with E-state index < -0.39 is 5.41 Å². The smallest absolute Gasteiger partial charge is 0.255 e. The van der Waals surface area contributed by atoms with Gasteiger partial charge in [0.25, 0.3) is 5.91 Å². The predicted molar refractivity (Wildman–Crippen MR) is 134 cm³/mol. The Hall–Kier alpha value is -3.51. The molecule has 33 heavy (non-hydrogen) atoms. The Bertz CT molecular complexity index is 1360. The van der Waals surface area contributed by atoms with E-state index in [1.54, 1.807) is 6.07 Å². The molecule has 166 valence electrons. The SMILES string of the molecule is Cc1ccc(C2(C(=O)Nc3nc4ccc(C(=O)Nc5c(C)cccc5C)cc4s3)CC2)cc1. The van der Waals surface area contributed by atoms with Crippen LogP contribution in [0.3, 0.4) is 0 Å². The van der Waals surface area contributed by atoms with Gasteiger partial charge in [-0.15, -0.1) is 0 Å². The molecule has 1 fully saturated rings. The van der Waals surface area contributed by atoms with Gasteiger partial charge in [-0.2, -0.15) is 0 Å². The first-order valence-electron chi connectivity index (χ1n) is 11.0. The Balaban J connectivity index is 1.35. The summed E-state index contributed by atoms with van der Waals surface area (Å²) >= 11 is 1.39. The van der Waals surface area contributed by atoms with Gasteiger partial charge in [0.05, 0.1) is 15.6 Å². The second kappa shape index (κ2) is 8.12. The Morgan fingerprint density at radius 1 is 0.909 bits per heavy atom. The number of aromatic nitrogens is 1. The number of hydrogen-bond donors (Lipinski definition) is 2. The summed E-state index contributed by atoms with van der Waals surface area (Å²) in [7, 11) is 0. The molecule has 1 aromatic heterocycles. The van der Waals surface area contributed by atoms with Gasteiger partial charge in [-0.05, 0) is 68.5 Å². The molecule has 6 heteroatoms. The first-order chi connectivity index (χ1) is 15.9. The standard InChI is InChI=1S/C27H25N3O2S/c1-16-7-10-20(11-8-16)27(13-14-27)25(32)30-26-28-21-12-9-19(15-22(21)33-26)24(31)29-23-17(2)5-4-6-18(23)3/h4-12,15H,13-14H2,1-3H3,(H,29,31)(H,28,30,32). The minimum atomic E-state index is -0.456. The number of benzene rings is 3. The topological polar surface area (TPSA) is 71.1 Å². The maximum Gasteiger partial charge on any atom is 0.255 e. The summed E-state index contributed by atoms with van der Waals surface area (Å²) in [4.78, 5) is 30.5. The molecule has 0 radical (unpaired) electrons. The highest BCUT2D eigenvalue weighted by molar-refractivity contribution is 7.22. The molecule has 4 aromatic rings. The number of para-hydroxylation sites is 1. The number of nitrogens with one attached hydrogen (secondary N) is 2. The Morgan fingerprint density at radius 2 is 1.61 bits per heavy atom. The maximum atomic E-state index is 13.1. The summed E-state index contributed by atoms with van der Waals surface area (Å²) in [6.45, 7) is 6.00. The highest BCUT2D eigenvalue weighted by atomic mass is 32.1. The second-order valence-electron chi connectivity index (χ2n) is 8.82. The molecule has 0 unspecified atom stereocenters. The molecule has 1 aliphatic carbocycles. The fourth-order valence-corrected chi connectivity index (χ4v) is 5.08. The van der Waals surface area contributed by atoms with Gasteiger partial charge in [-0.25, -0.2) is 4.98 Å². The minimum Gasteiger partial charge on any atom is -0.322 e. The number of thiazole rings is 1. The van der Waals surface area contributed by atoms with Crippen molar-refractivity contribution in [3.63, 3.8) is 0 Å². The summed E-state index contributed by atoms with van der Waals surface area (Å²) in [5.74, 6) is -0.178. The third-order valence-electron chi connectivity index (χ3n) is 6.38. The highest BCUT2D eigenvalue weighted by Crippen LogP contribution is 2.49. The lowest BCUT2D eigenvalue weighted by Gasteiger charge is -2.14. The number of fused-ring (bicyclic) bond motifs is 1. The summed E-state index contributed by atoms with van der Waals surface area (Å²) in [5, 5.41) is 6.60. The number of anilines is 2. The van der Waals surface area contributed by atoms with Crippen LogP contribution in [0.15, 0.2) is 60.7 Å². The molecule has 0 spiro atoms. The molecule has 1 saturated carbocycles. The number of rotatable bonds is 5. The van der Waals surface area contributed by atoms with Crippen molar-refractivity contribution in [1.82, 2.24) is 4.98 Å². The van der Waals surface area contributed by atoms with Crippen LogP contribution < -0.4 is 10.6 Å². The van der Waals surface area contributed by atoms with Crippen LogP contribution in [-0.4, -0.2) is 16.8 Å². The van der Waals surface area contributed by atoms with Crippen LogP contribution in [0.2, 0.25) is 0 Å². The number of amides is 2. The van der Waals surface area contributed by atoms with Gasteiger partial charge in [-0.3, -0.25) is 9.59 Å². The molecule has 0 aliphatic heterocycles. The van der Waals surface area contributed by atoms with E-state index in [0.717, 1.165) is 45.4 Å². The monoisotopic (exact) mass is 455 g/mol. The fraction of sp³-hybridized carbons (Fsp3) is 0.222. The van der Waals surface area contributed by atoms with Crippen molar-refractivity contribution in [1.29, 1.82) is 0 Å². The van der Waals surface area contributed by atoms with Gasteiger partial charge in [-0.1, -0.05) is 59.4 Å². The van der Waals surface area contributed by atoms with Crippen LogP contribution in [0.1, 0.15) is 45.5 Å². The summed E-state index contributed by atoms with van der Waals surface area (Å²) in [6.07, 6.45) is 1.69. The van der Waals surface area contributed by atoms with Crippen molar-refractivity contribution >= 4 is 44.2 Å². The Kier molecular flexibility index (Phi) is 5.25. The highest BCUT2D eigenvalue weighted by Gasteiger charge is 2.51. The molecular formula is C27H25N3O2S. The quantitative estimate of drug-likeness (QED) is 0.379. The fourth-order valence-electron chi connectivity index (χ4n) is 4.18. The summed E-state index contributed by atoms with van der Waals surface area (Å²) in [5.41, 5.74) is 5.98. The van der Waals surface area contributed by atoms with Crippen LogP contribution in [0.25, 0.3) is 10.2 Å². The van der Waals surface area contributed by atoms with E-state index in [1.165, 1.54) is 16.9 Å². The van der Waals surface area contributed by atoms with E-state index in [-0.39, 0.29) is 11.8 Å². The van der Waals surface area contributed by atoms with E-state index in [2.05, 4.69) is 15.6 Å². The minimum absolute atomic E-state index is 0.0154. The largest absolute Gasteiger partial charge is 0.322 e.